The number of aryl methyl sites for hydroxylation is 3. The summed E-state index contributed by atoms with van der Waals surface area (Å²) in [5.41, 5.74) is 10.8. The molecule has 3 heterocycles. The molecule has 3 aromatic rings. The van der Waals surface area contributed by atoms with Crippen molar-refractivity contribution in [2.45, 2.75) is 33.7 Å². The van der Waals surface area contributed by atoms with Gasteiger partial charge in [0.2, 0.25) is 0 Å². The molecule has 122 valence electrons. The second kappa shape index (κ2) is 6.16. The maximum absolute atomic E-state index is 9.47. The van der Waals surface area contributed by atoms with Crippen molar-refractivity contribution in [3.05, 3.63) is 46.4 Å². The average molecular weight is 321 g/mol. The molecule has 0 spiro atoms. The number of nitriles is 1. The molecular formula is C17H19N7. The van der Waals surface area contributed by atoms with Crippen LogP contribution in [0.15, 0.2) is 18.2 Å². The molecule has 3 aromatic heterocycles. The maximum Gasteiger partial charge on any atom is 0.163 e. The van der Waals surface area contributed by atoms with Crippen LogP contribution in [-0.2, 0) is 13.0 Å². The largest absolute Gasteiger partial charge is 0.382 e. The highest BCUT2D eigenvalue weighted by Gasteiger charge is 2.18. The van der Waals surface area contributed by atoms with E-state index in [1.807, 2.05) is 39.0 Å². The third-order valence-electron chi connectivity index (χ3n) is 3.94. The van der Waals surface area contributed by atoms with E-state index in [0.29, 0.717) is 29.4 Å². The first kappa shape index (κ1) is 15.7. The number of aromatic nitrogens is 4. The summed E-state index contributed by atoms with van der Waals surface area (Å²) in [6.45, 7) is 6.37. The summed E-state index contributed by atoms with van der Waals surface area (Å²) in [5, 5.41) is 17.1. The number of nitrogens with zero attached hydrogens (tertiary/aromatic N) is 5. The molecule has 3 N–H and O–H groups in total. The molecule has 0 aliphatic rings. The predicted octanol–water partition coefficient (Wildman–Crippen LogP) is 2.37. The van der Waals surface area contributed by atoms with Gasteiger partial charge in [-0.25, -0.2) is 4.98 Å². The van der Waals surface area contributed by atoms with Crippen LogP contribution in [0.2, 0.25) is 0 Å². The fraction of sp³-hybridized carbons (Fsp3) is 0.294. The minimum atomic E-state index is 0.292. The van der Waals surface area contributed by atoms with Gasteiger partial charge in [0.1, 0.15) is 17.5 Å². The zero-order chi connectivity index (χ0) is 17.3. The van der Waals surface area contributed by atoms with Gasteiger partial charge in [-0.1, -0.05) is 13.0 Å². The Balaban J connectivity index is 2.04. The van der Waals surface area contributed by atoms with E-state index in [-0.39, 0.29) is 0 Å². The number of nitrogen functional groups attached to an aromatic ring is 1. The van der Waals surface area contributed by atoms with Crippen LogP contribution in [0.4, 0.5) is 11.6 Å². The monoisotopic (exact) mass is 321 g/mol. The van der Waals surface area contributed by atoms with Crippen molar-refractivity contribution < 1.29 is 0 Å². The first-order valence-corrected chi connectivity index (χ1v) is 7.79. The molecule has 0 atom stereocenters. The molecular weight excluding hydrogens is 302 g/mol. The number of pyridine rings is 1. The van der Waals surface area contributed by atoms with E-state index in [0.717, 1.165) is 29.1 Å². The molecule has 0 fully saturated rings. The van der Waals surface area contributed by atoms with Gasteiger partial charge in [-0.05, 0) is 32.4 Å². The zero-order valence-electron chi connectivity index (χ0n) is 14.0. The van der Waals surface area contributed by atoms with Gasteiger partial charge in [0.25, 0.3) is 0 Å². The van der Waals surface area contributed by atoms with E-state index in [9.17, 15) is 5.26 Å². The Morgan fingerprint density at radius 3 is 2.75 bits per heavy atom. The highest BCUT2D eigenvalue weighted by molar-refractivity contribution is 5.69. The molecule has 3 rings (SSSR count). The molecule has 0 unspecified atom stereocenters. The minimum Gasteiger partial charge on any atom is -0.382 e. The lowest BCUT2D eigenvalue weighted by Crippen LogP contribution is -2.11. The molecule has 0 radical (unpaired) electrons. The van der Waals surface area contributed by atoms with Crippen molar-refractivity contribution in [2.24, 2.45) is 0 Å². The lowest BCUT2D eigenvalue weighted by molar-refractivity contribution is 0.920. The third kappa shape index (κ3) is 2.63. The second-order valence-electron chi connectivity index (χ2n) is 5.61. The first-order chi connectivity index (χ1) is 11.5. The van der Waals surface area contributed by atoms with Crippen LogP contribution in [0, 0.1) is 25.2 Å². The van der Waals surface area contributed by atoms with E-state index in [1.165, 1.54) is 0 Å². The van der Waals surface area contributed by atoms with E-state index in [4.69, 9.17) is 5.73 Å². The number of rotatable bonds is 4. The fourth-order valence-electron chi connectivity index (χ4n) is 2.74. The highest BCUT2D eigenvalue weighted by Crippen LogP contribution is 2.25. The minimum absolute atomic E-state index is 0.292. The fourth-order valence-corrected chi connectivity index (χ4v) is 2.74. The summed E-state index contributed by atoms with van der Waals surface area (Å²) in [6, 6.07) is 7.93. The smallest absolute Gasteiger partial charge is 0.163 e. The highest BCUT2D eigenvalue weighted by atomic mass is 15.3. The standard InChI is InChI=1S/C17H19N7/c1-4-13-11(3)23-24-15(19)14(8-18)16(22-17(13)24)20-9-12-7-5-6-10(2)21-12/h5-7H,4,9,19H2,1-3H3,(H,20,22). The van der Waals surface area contributed by atoms with E-state index in [2.05, 4.69) is 26.5 Å². The quantitative estimate of drug-likeness (QED) is 0.764. The Labute approximate surface area is 140 Å². The molecule has 7 nitrogen and oxygen atoms in total. The van der Waals surface area contributed by atoms with Crippen LogP contribution < -0.4 is 11.1 Å². The molecule has 0 aromatic carbocycles. The van der Waals surface area contributed by atoms with Gasteiger partial charge in [-0.15, -0.1) is 0 Å². The number of nitrogens with one attached hydrogen (secondary N) is 1. The molecule has 0 aliphatic heterocycles. The Bertz CT molecular complexity index is 950. The number of anilines is 2. The third-order valence-corrected chi connectivity index (χ3v) is 3.94. The summed E-state index contributed by atoms with van der Waals surface area (Å²) in [6.07, 6.45) is 0.798. The summed E-state index contributed by atoms with van der Waals surface area (Å²) >= 11 is 0. The van der Waals surface area contributed by atoms with Gasteiger partial charge in [0, 0.05) is 11.3 Å². The van der Waals surface area contributed by atoms with Gasteiger partial charge in [-0.2, -0.15) is 14.9 Å². The lowest BCUT2D eigenvalue weighted by Gasteiger charge is -2.10. The Kier molecular flexibility index (Phi) is 4.04. The Hall–Kier alpha value is -3.14. The Morgan fingerprint density at radius 2 is 2.08 bits per heavy atom. The van der Waals surface area contributed by atoms with Gasteiger partial charge < -0.3 is 11.1 Å². The van der Waals surface area contributed by atoms with Crippen LogP contribution in [-0.4, -0.2) is 19.6 Å². The van der Waals surface area contributed by atoms with Gasteiger partial charge in [0.15, 0.2) is 11.5 Å². The van der Waals surface area contributed by atoms with Gasteiger partial charge >= 0.3 is 0 Å². The molecule has 24 heavy (non-hydrogen) atoms. The lowest BCUT2D eigenvalue weighted by atomic mass is 10.2. The van der Waals surface area contributed by atoms with Crippen molar-refractivity contribution in [1.82, 2.24) is 19.6 Å². The van der Waals surface area contributed by atoms with Gasteiger partial charge in [-0.3, -0.25) is 4.98 Å². The second-order valence-corrected chi connectivity index (χ2v) is 5.61. The first-order valence-electron chi connectivity index (χ1n) is 7.79. The number of fused-ring (bicyclic) bond motifs is 1. The van der Waals surface area contributed by atoms with Crippen LogP contribution in [0.3, 0.4) is 0 Å². The maximum atomic E-state index is 9.47. The molecule has 0 amide bonds. The number of hydrogen-bond donors (Lipinski definition) is 2. The van der Waals surface area contributed by atoms with Crippen molar-refractivity contribution >= 4 is 17.3 Å². The van der Waals surface area contributed by atoms with Crippen molar-refractivity contribution in [3.63, 3.8) is 0 Å². The van der Waals surface area contributed by atoms with Crippen molar-refractivity contribution in [1.29, 1.82) is 5.26 Å². The van der Waals surface area contributed by atoms with Crippen LogP contribution in [0.5, 0.6) is 0 Å². The van der Waals surface area contributed by atoms with Crippen molar-refractivity contribution in [3.8, 4) is 6.07 Å². The van der Waals surface area contributed by atoms with E-state index >= 15 is 0 Å². The van der Waals surface area contributed by atoms with E-state index < -0.39 is 0 Å². The summed E-state index contributed by atoms with van der Waals surface area (Å²) in [4.78, 5) is 9.04. The number of nitrogens with two attached hydrogens (primary N) is 1. The molecule has 0 aliphatic carbocycles. The van der Waals surface area contributed by atoms with Crippen LogP contribution in [0.1, 0.15) is 35.1 Å². The molecule has 0 bridgehead atoms. The topological polar surface area (TPSA) is 105 Å². The van der Waals surface area contributed by atoms with Crippen molar-refractivity contribution in [2.75, 3.05) is 11.1 Å². The number of hydrogen-bond acceptors (Lipinski definition) is 6. The van der Waals surface area contributed by atoms with Crippen LogP contribution >= 0.6 is 0 Å². The van der Waals surface area contributed by atoms with Gasteiger partial charge in [0.05, 0.1) is 17.9 Å². The summed E-state index contributed by atoms with van der Waals surface area (Å²) < 4.78 is 1.54. The summed E-state index contributed by atoms with van der Waals surface area (Å²) in [7, 11) is 0. The normalized spacial score (nSPS) is 10.8. The van der Waals surface area contributed by atoms with E-state index in [1.54, 1.807) is 4.52 Å². The SMILES string of the molecule is CCc1c(C)nn2c(N)c(C#N)c(NCc3cccc(C)n3)nc12. The summed E-state index contributed by atoms with van der Waals surface area (Å²) in [5.74, 6) is 0.755. The molecule has 0 saturated heterocycles. The predicted molar refractivity (Wildman–Crippen MR) is 92.5 cm³/mol. The molecule has 0 saturated carbocycles. The zero-order valence-corrected chi connectivity index (χ0v) is 14.0. The van der Waals surface area contributed by atoms with Crippen LogP contribution in [0.25, 0.3) is 5.65 Å². The Morgan fingerprint density at radius 1 is 1.29 bits per heavy atom. The molecule has 7 heteroatoms. The average Bonchev–Trinajstić information content (AvgIpc) is 2.89.